The number of carbonyl (C=O) groups excluding carboxylic acids is 1. The van der Waals surface area contributed by atoms with Crippen molar-refractivity contribution in [1.82, 2.24) is 5.06 Å². The molecular weight excluding hydrogens is 445 g/mol. The Kier molecular flexibility index (Phi) is 9.12. The van der Waals surface area contributed by atoms with Gasteiger partial charge < -0.3 is 5.11 Å². The first-order valence-electron chi connectivity index (χ1n) is 10.6. The molecule has 168 valence electrons. The van der Waals surface area contributed by atoms with Crippen LogP contribution in [-0.2, 0) is 11.3 Å². The number of aliphatic hydroxyl groups is 1. The SMILES string of the molecule is C[C@H](c1ccc(Cl)cc1)N(OCCCCO)C(=O)c1ccccc1Cc1ccc(Cl)cc1. The van der Waals surface area contributed by atoms with Gasteiger partial charge in [-0.3, -0.25) is 9.63 Å². The Bertz CT molecular complexity index is 1010. The van der Waals surface area contributed by atoms with Crippen molar-refractivity contribution in [3.8, 4) is 0 Å². The minimum atomic E-state index is -0.322. The Balaban J connectivity index is 1.87. The van der Waals surface area contributed by atoms with Crippen molar-refractivity contribution in [2.75, 3.05) is 13.2 Å². The van der Waals surface area contributed by atoms with Gasteiger partial charge in [-0.1, -0.05) is 65.7 Å². The van der Waals surface area contributed by atoms with Crippen LogP contribution in [0.2, 0.25) is 10.0 Å². The number of amides is 1. The van der Waals surface area contributed by atoms with E-state index in [4.69, 9.17) is 33.1 Å². The Morgan fingerprint density at radius 2 is 1.56 bits per heavy atom. The average molecular weight is 472 g/mol. The van der Waals surface area contributed by atoms with Crippen LogP contribution in [0.4, 0.5) is 0 Å². The van der Waals surface area contributed by atoms with Crippen molar-refractivity contribution < 1.29 is 14.7 Å². The predicted molar refractivity (Wildman–Crippen MR) is 129 cm³/mol. The fraction of sp³-hybridized carbons (Fsp3) is 0.269. The van der Waals surface area contributed by atoms with E-state index >= 15 is 0 Å². The van der Waals surface area contributed by atoms with E-state index in [9.17, 15) is 4.79 Å². The molecule has 1 atom stereocenters. The van der Waals surface area contributed by atoms with Gasteiger partial charge in [0, 0.05) is 22.2 Å². The summed E-state index contributed by atoms with van der Waals surface area (Å²) in [5.74, 6) is -0.207. The van der Waals surface area contributed by atoms with Gasteiger partial charge in [0.2, 0.25) is 0 Å². The largest absolute Gasteiger partial charge is 0.396 e. The third kappa shape index (κ3) is 6.57. The normalized spacial score (nSPS) is 11.9. The molecule has 0 fully saturated rings. The van der Waals surface area contributed by atoms with Crippen LogP contribution in [0, 0.1) is 0 Å². The number of hydrogen-bond acceptors (Lipinski definition) is 3. The molecule has 0 unspecified atom stereocenters. The number of hydroxylamine groups is 2. The topological polar surface area (TPSA) is 49.8 Å². The van der Waals surface area contributed by atoms with Gasteiger partial charge in [0.05, 0.1) is 12.6 Å². The standard InChI is InChI=1S/C26H27Cl2NO3/c1-19(21-10-14-24(28)15-11-21)29(32-17-5-4-16-30)26(31)25-7-3-2-6-22(25)18-20-8-12-23(27)13-9-20/h2-3,6-15,19,30H,4-5,16-18H2,1H3/t19-/m1/s1. The summed E-state index contributed by atoms with van der Waals surface area (Å²) in [5.41, 5.74) is 3.48. The lowest BCUT2D eigenvalue weighted by Gasteiger charge is -2.29. The second-order valence-corrected chi connectivity index (χ2v) is 8.46. The van der Waals surface area contributed by atoms with Gasteiger partial charge in [0.15, 0.2) is 0 Å². The highest BCUT2D eigenvalue weighted by molar-refractivity contribution is 6.30. The van der Waals surface area contributed by atoms with E-state index in [0.29, 0.717) is 41.5 Å². The van der Waals surface area contributed by atoms with Crippen molar-refractivity contribution in [3.05, 3.63) is 105 Å². The van der Waals surface area contributed by atoms with Crippen LogP contribution < -0.4 is 0 Å². The minimum absolute atomic E-state index is 0.0912. The van der Waals surface area contributed by atoms with Crippen LogP contribution in [0.3, 0.4) is 0 Å². The number of unbranched alkanes of at least 4 members (excludes halogenated alkanes) is 1. The molecular formula is C26H27Cl2NO3. The maximum atomic E-state index is 13.7. The second kappa shape index (κ2) is 12.0. The maximum Gasteiger partial charge on any atom is 0.278 e. The average Bonchev–Trinajstić information content (AvgIpc) is 2.81. The van der Waals surface area contributed by atoms with E-state index in [-0.39, 0.29) is 18.6 Å². The number of benzene rings is 3. The van der Waals surface area contributed by atoms with Gasteiger partial charge in [-0.15, -0.1) is 0 Å². The van der Waals surface area contributed by atoms with Crippen LogP contribution in [-0.4, -0.2) is 29.3 Å². The monoisotopic (exact) mass is 471 g/mol. The maximum absolute atomic E-state index is 13.7. The predicted octanol–water partition coefficient (Wildman–Crippen LogP) is 6.49. The molecule has 1 N–H and O–H groups in total. The van der Waals surface area contributed by atoms with Crippen molar-refractivity contribution in [3.63, 3.8) is 0 Å². The molecule has 1 amide bonds. The lowest BCUT2D eigenvalue weighted by atomic mass is 9.98. The summed E-state index contributed by atoms with van der Waals surface area (Å²) >= 11 is 12.0. The molecule has 3 aromatic carbocycles. The molecule has 4 nitrogen and oxygen atoms in total. The fourth-order valence-electron chi connectivity index (χ4n) is 3.42. The highest BCUT2D eigenvalue weighted by Crippen LogP contribution is 2.26. The first-order chi connectivity index (χ1) is 15.5. The molecule has 6 heteroatoms. The Labute approximate surface area is 199 Å². The van der Waals surface area contributed by atoms with Crippen LogP contribution in [0.15, 0.2) is 72.8 Å². The number of halogens is 2. The van der Waals surface area contributed by atoms with Crippen LogP contribution in [0.25, 0.3) is 0 Å². The molecule has 0 bridgehead atoms. The zero-order valence-electron chi connectivity index (χ0n) is 18.0. The molecule has 0 spiro atoms. The van der Waals surface area contributed by atoms with Gasteiger partial charge in [-0.05, 0) is 73.2 Å². The first kappa shape index (κ1) is 24.3. The lowest BCUT2D eigenvalue weighted by Crippen LogP contribution is -2.35. The molecule has 3 aromatic rings. The van der Waals surface area contributed by atoms with Crippen molar-refractivity contribution in [2.24, 2.45) is 0 Å². The van der Waals surface area contributed by atoms with E-state index in [0.717, 1.165) is 16.7 Å². The summed E-state index contributed by atoms with van der Waals surface area (Å²) in [6.07, 6.45) is 1.87. The Hall–Kier alpha value is -2.37. The second-order valence-electron chi connectivity index (χ2n) is 7.58. The first-order valence-corrected chi connectivity index (χ1v) is 11.4. The van der Waals surface area contributed by atoms with Gasteiger partial charge in [0.1, 0.15) is 0 Å². The fourth-order valence-corrected chi connectivity index (χ4v) is 3.68. The summed E-state index contributed by atoms with van der Waals surface area (Å²) in [6.45, 7) is 2.35. The Morgan fingerprint density at radius 1 is 0.938 bits per heavy atom. The number of hydrogen-bond donors (Lipinski definition) is 1. The third-order valence-corrected chi connectivity index (χ3v) is 5.75. The van der Waals surface area contributed by atoms with E-state index in [1.54, 1.807) is 12.1 Å². The third-order valence-electron chi connectivity index (χ3n) is 5.24. The summed E-state index contributed by atoms with van der Waals surface area (Å²) in [7, 11) is 0. The zero-order chi connectivity index (χ0) is 22.9. The van der Waals surface area contributed by atoms with E-state index < -0.39 is 0 Å². The molecule has 0 aliphatic carbocycles. The number of aliphatic hydroxyl groups excluding tert-OH is 1. The molecule has 0 aliphatic heterocycles. The van der Waals surface area contributed by atoms with Crippen molar-refractivity contribution >= 4 is 29.1 Å². The highest BCUT2D eigenvalue weighted by Gasteiger charge is 2.26. The molecule has 0 heterocycles. The van der Waals surface area contributed by atoms with Gasteiger partial charge in [-0.25, -0.2) is 5.06 Å². The molecule has 0 aromatic heterocycles. The lowest BCUT2D eigenvalue weighted by molar-refractivity contribution is -0.148. The summed E-state index contributed by atoms with van der Waals surface area (Å²) in [4.78, 5) is 19.6. The molecule has 32 heavy (non-hydrogen) atoms. The highest BCUT2D eigenvalue weighted by atomic mass is 35.5. The van der Waals surface area contributed by atoms with E-state index in [2.05, 4.69) is 0 Å². The van der Waals surface area contributed by atoms with E-state index in [1.807, 2.05) is 67.6 Å². The van der Waals surface area contributed by atoms with Crippen molar-refractivity contribution in [2.45, 2.75) is 32.2 Å². The molecule has 0 radical (unpaired) electrons. The quantitative estimate of drug-likeness (QED) is 0.271. The minimum Gasteiger partial charge on any atom is -0.396 e. The zero-order valence-corrected chi connectivity index (χ0v) is 19.5. The molecule has 0 aliphatic rings. The van der Waals surface area contributed by atoms with Crippen LogP contribution >= 0.6 is 23.2 Å². The number of carbonyl (C=O) groups is 1. The van der Waals surface area contributed by atoms with Gasteiger partial charge >= 0.3 is 0 Å². The Morgan fingerprint density at radius 3 is 2.22 bits per heavy atom. The van der Waals surface area contributed by atoms with Gasteiger partial charge in [-0.2, -0.15) is 0 Å². The van der Waals surface area contributed by atoms with Crippen molar-refractivity contribution in [1.29, 1.82) is 0 Å². The van der Waals surface area contributed by atoms with E-state index in [1.165, 1.54) is 5.06 Å². The smallest absolute Gasteiger partial charge is 0.278 e. The summed E-state index contributed by atoms with van der Waals surface area (Å²) < 4.78 is 0. The summed E-state index contributed by atoms with van der Waals surface area (Å²) in [6, 6.07) is 22.3. The number of rotatable bonds is 10. The molecule has 3 rings (SSSR count). The van der Waals surface area contributed by atoms with Crippen LogP contribution in [0.1, 0.15) is 52.9 Å². The molecule has 0 saturated carbocycles. The van der Waals surface area contributed by atoms with Gasteiger partial charge in [0.25, 0.3) is 5.91 Å². The number of nitrogens with zero attached hydrogens (tertiary/aromatic N) is 1. The summed E-state index contributed by atoms with van der Waals surface area (Å²) in [5, 5.41) is 11.8. The van der Waals surface area contributed by atoms with Crippen LogP contribution in [0.5, 0.6) is 0 Å². The molecule has 0 saturated heterocycles.